The molecule has 2 aliphatic carbocycles. The Balaban J connectivity index is 0.000000638. The molecular weight excluding hydrogens is 839 g/mol. The van der Waals surface area contributed by atoms with Gasteiger partial charge in [0.2, 0.25) is 11.6 Å². The van der Waals surface area contributed by atoms with E-state index < -0.39 is 54.3 Å². The van der Waals surface area contributed by atoms with Gasteiger partial charge in [-0.3, -0.25) is 9.59 Å². The molecule has 0 heterocycles. The van der Waals surface area contributed by atoms with Gasteiger partial charge in [-0.25, -0.2) is 17.6 Å². The van der Waals surface area contributed by atoms with Crippen molar-refractivity contribution >= 4 is 64.0 Å². The number of nitrogens with one attached hydrogen (secondary N) is 2. The van der Waals surface area contributed by atoms with Crippen molar-refractivity contribution in [2.75, 3.05) is 10.6 Å². The predicted molar refractivity (Wildman–Crippen MR) is 169 cm³/mol. The Bertz CT molecular complexity index is 2100. The summed E-state index contributed by atoms with van der Waals surface area (Å²) in [6.45, 7) is 0. The summed E-state index contributed by atoms with van der Waals surface area (Å²) in [6.07, 6.45) is 5.43. The quantitative estimate of drug-likeness (QED) is 0.119. The van der Waals surface area contributed by atoms with Crippen LogP contribution in [0.5, 0.6) is 0 Å². The van der Waals surface area contributed by atoms with Gasteiger partial charge in [-0.2, -0.15) is 0 Å². The van der Waals surface area contributed by atoms with Crippen molar-refractivity contribution in [1.82, 2.24) is 0 Å². The van der Waals surface area contributed by atoms with Gasteiger partial charge in [0.05, 0.1) is 0 Å². The Labute approximate surface area is 289 Å². The van der Waals surface area contributed by atoms with Gasteiger partial charge in [0, 0.05) is 75.0 Å². The molecule has 50 heavy (non-hydrogen) atoms. The molecule has 0 atom stereocenters. The Morgan fingerprint density at radius 1 is 0.500 bits per heavy atom. The fraction of sp³-hybridized carbons (Fsp3) is 0. The number of halogens is 10. The average molecular weight is 859 g/mol. The van der Waals surface area contributed by atoms with Gasteiger partial charge >= 0.3 is 36.4 Å². The number of carbonyl (C=O) groups excluding carboxylic acids is 2. The van der Waals surface area contributed by atoms with Crippen LogP contribution >= 0.6 is 0 Å². The van der Waals surface area contributed by atoms with E-state index in [9.17, 15) is 44.0 Å². The number of ketones is 2. The molecule has 0 fully saturated rings. The van der Waals surface area contributed by atoms with Crippen molar-refractivity contribution < 1.29 is 60.8 Å². The van der Waals surface area contributed by atoms with Gasteiger partial charge < -0.3 is 10.6 Å². The number of Topliss-reactive ketones (excluding diaryl/α,β-unsaturated/α-hetero) is 2. The molecule has 0 saturated heterocycles. The third-order valence-electron chi connectivity index (χ3n) is 6.95. The molecule has 0 aliphatic heterocycles. The van der Waals surface area contributed by atoms with E-state index in [1.807, 2.05) is 60.7 Å². The van der Waals surface area contributed by atoms with E-state index in [1.165, 1.54) is 12.4 Å². The number of fused-ring (bicyclic) bond motifs is 2. The van der Waals surface area contributed by atoms with Crippen LogP contribution in [0.2, 0.25) is 0 Å². The van der Waals surface area contributed by atoms with Crippen LogP contribution in [0.4, 0.5) is 45.8 Å². The van der Waals surface area contributed by atoms with Crippen molar-refractivity contribution in [3.8, 4) is 11.1 Å². The van der Waals surface area contributed by atoms with Crippen LogP contribution < -0.4 is 10.6 Å². The summed E-state index contributed by atoms with van der Waals surface area (Å²) in [5.74, 6) is -6.09. The molecule has 1 radical (unpaired) electrons. The first-order valence-corrected chi connectivity index (χ1v) is 19.7. The first-order chi connectivity index (χ1) is 22.7. The summed E-state index contributed by atoms with van der Waals surface area (Å²) in [7, 11) is 0. The average Bonchev–Trinajstić information content (AvgIpc) is 3.01. The van der Waals surface area contributed by atoms with Gasteiger partial charge in [0.15, 0.2) is 11.7 Å². The molecule has 263 valence electrons. The summed E-state index contributed by atoms with van der Waals surface area (Å²) in [5.41, 5.74) is 1.97. The van der Waals surface area contributed by atoms with Crippen LogP contribution in [0.3, 0.4) is 0 Å². The molecule has 0 unspecified atom stereocenters. The molecule has 4 aromatic rings. The fourth-order valence-electron chi connectivity index (χ4n) is 5.01. The molecule has 4 aromatic carbocycles. The van der Waals surface area contributed by atoms with Gasteiger partial charge in [-0.15, -0.1) is 0 Å². The molecule has 0 aromatic heterocycles. The predicted octanol–water partition coefficient (Wildman–Crippen LogP) is 11.0. The molecular formula is C34H20CoF10N2O2Sb-. The van der Waals surface area contributed by atoms with Crippen molar-refractivity contribution in [2.45, 2.75) is 0 Å². The van der Waals surface area contributed by atoms with Crippen LogP contribution in [0, 0.1) is 0 Å². The minimum absolute atomic E-state index is 0. The molecule has 4 nitrogen and oxygen atoms in total. The Morgan fingerprint density at radius 3 is 1.20 bits per heavy atom. The standard InChI is InChI=1S/C34H20F4N2O2.Co.6FH.Sb/c35-23-13-21(33(41)27(37)15-23)17-39-29-11-9-19-5-1-3-7-25(19)31(29)32-26-8-4-2-6-20(26)10-12-30(32)40-18-22-14-24(36)16-28(38)34(22)42;;;;;;;;/h1-18,39-40H;;6*1H;/q;;;;;;;;+5/p-6/b21-17-,22-18-;;;;;;;;. The van der Waals surface area contributed by atoms with E-state index in [0.29, 0.717) is 34.7 Å². The van der Waals surface area contributed by atoms with E-state index in [0.717, 1.165) is 33.7 Å². The van der Waals surface area contributed by atoms with E-state index in [4.69, 9.17) is 0 Å². The van der Waals surface area contributed by atoms with Crippen molar-refractivity contribution in [2.24, 2.45) is 0 Å². The van der Waals surface area contributed by atoms with Gasteiger partial charge in [-0.05, 0) is 45.8 Å². The summed E-state index contributed by atoms with van der Waals surface area (Å²) in [5, 5.41) is 9.51. The summed E-state index contributed by atoms with van der Waals surface area (Å²) in [4.78, 5) is 24.7. The molecule has 2 aliphatic rings. The van der Waals surface area contributed by atoms with Crippen LogP contribution in [0.15, 0.2) is 144 Å². The van der Waals surface area contributed by atoms with Crippen LogP contribution in [0.25, 0.3) is 32.7 Å². The first kappa shape index (κ1) is 38.2. The number of hydrogen-bond acceptors (Lipinski definition) is 4. The Kier molecular flexibility index (Phi) is 10.4. The van der Waals surface area contributed by atoms with E-state index in [1.54, 1.807) is 12.1 Å². The van der Waals surface area contributed by atoms with Crippen LogP contribution in [-0.4, -0.2) is 31.0 Å². The van der Waals surface area contributed by atoms with Gasteiger partial charge in [-0.1, -0.05) is 60.7 Å². The minimum atomic E-state index is -11.2. The molecule has 0 bridgehead atoms. The number of hydrogen-bond donors (Lipinski definition) is 2. The monoisotopic (exact) mass is 858 g/mol. The molecule has 0 amide bonds. The summed E-state index contributed by atoms with van der Waals surface area (Å²) >= 11 is -11.2. The second kappa shape index (κ2) is 13.6. The number of anilines is 2. The number of benzene rings is 4. The zero-order chi connectivity index (χ0) is 35.8. The van der Waals surface area contributed by atoms with Gasteiger partial charge in [0.25, 0.3) is 0 Å². The topological polar surface area (TPSA) is 58.2 Å². The van der Waals surface area contributed by atoms with Crippen molar-refractivity contribution in [3.05, 3.63) is 144 Å². The second-order valence-corrected chi connectivity index (χ2v) is 16.0. The Morgan fingerprint density at radius 2 is 0.840 bits per heavy atom. The maximum absolute atomic E-state index is 14.0. The molecule has 16 heteroatoms. The normalized spacial score (nSPS) is 17.8. The summed E-state index contributed by atoms with van der Waals surface area (Å²) in [6, 6.07) is 22.4. The maximum atomic E-state index is 14.0. The van der Waals surface area contributed by atoms with Gasteiger partial charge in [0.1, 0.15) is 11.7 Å². The van der Waals surface area contributed by atoms with Crippen molar-refractivity contribution in [3.63, 3.8) is 0 Å². The molecule has 0 saturated carbocycles. The number of allylic oxidation sites excluding steroid dienone is 10. The van der Waals surface area contributed by atoms with Crippen LogP contribution in [-0.2, 0) is 26.4 Å². The van der Waals surface area contributed by atoms with E-state index in [-0.39, 0.29) is 27.9 Å². The number of carbonyl (C=O) groups is 2. The SMILES string of the molecule is O=C1C(F)=CC(F)=C/C1=C/Nc1ccc2ccccc2c1-c1c(N/C=C2/C=C(F)C=C(F)C2=O)ccc2ccccc12.[Co].[F][Sb-]([F])([F])([F])([F])[F]. The zero-order valence-electron chi connectivity index (χ0n) is 24.8. The molecule has 0 spiro atoms. The van der Waals surface area contributed by atoms with E-state index >= 15 is 0 Å². The fourth-order valence-corrected chi connectivity index (χ4v) is 5.01. The third kappa shape index (κ3) is 9.76. The number of rotatable bonds is 5. The van der Waals surface area contributed by atoms with Crippen molar-refractivity contribution in [1.29, 1.82) is 0 Å². The van der Waals surface area contributed by atoms with E-state index in [2.05, 4.69) is 10.6 Å². The summed E-state index contributed by atoms with van der Waals surface area (Å²) < 4.78 is 115. The zero-order valence-corrected chi connectivity index (χ0v) is 28.4. The molecule has 2 N–H and O–H groups in total. The second-order valence-electron chi connectivity index (χ2n) is 10.6. The first-order valence-electron chi connectivity index (χ1n) is 13.9. The Hall–Kier alpha value is -4.60. The van der Waals surface area contributed by atoms with Crippen LogP contribution in [0.1, 0.15) is 0 Å². The molecule has 6 rings (SSSR count). The third-order valence-corrected chi connectivity index (χ3v) is 6.95.